The van der Waals surface area contributed by atoms with Gasteiger partial charge in [0, 0.05) is 45.1 Å². The number of aromatic nitrogens is 2. The number of anilines is 1. The van der Waals surface area contributed by atoms with E-state index in [2.05, 4.69) is 19.9 Å². The molecule has 6 nitrogen and oxygen atoms in total. The van der Waals surface area contributed by atoms with Crippen LogP contribution in [0.2, 0.25) is 0 Å². The lowest BCUT2D eigenvalue weighted by Crippen LogP contribution is -2.51. The van der Waals surface area contributed by atoms with Gasteiger partial charge >= 0.3 is 0 Å². The number of rotatable bonds is 3. The van der Waals surface area contributed by atoms with Gasteiger partial charge in [-0.2, -0.15) is 5.10 Å². The van der Waals surface area contributed by atoms with Gasteiger partial charge < -0.3 is 15.5 Å². The van der Waals surface area contributed by atoms with Gasteiger partial charge in [-0.15, -0.1) is 24.0 Å². The average Bonchev–Trinajstić information content (AvgIpc) is 2.99. The van der Waals surface area contributed by atoms with Crippen LogP contribution in [0.25, 0.3) is 0 Å². The summed E-state index contributed by atoms with van der Waals surface area (Å²) < 4.78 is 14.8. The highest BCUT2D eigenvalue weighted by Crippen LogP contribution is 2.16. The SMILES string of the molecule is Cn1nccc1CN=C(N)N1CCN(c2ccc(F)cc2)CC1.I. The number of aryl methyl sites for hydroxylation is 1. The Morgan fingerprint density at radius 2 is 1.83 bits per heavy atom. The first-order chi connectivity index (χ1) is 11.1. The molecule has 1 saturated heterocycles. The standard InChI is InChI=1S/C16H21FN6.HI/c1-21-15(6-7-20-21)12-19-16(18)23-10-8-22(9-11-23)14-4-2-13(17)3-5-14;/h2-7H,8-12H2,1H3,(H2,18,19);1H. The van der Waals surface area contributed by atoms with Crippen LogP contribution in [0.4, 0.5) is 10.1 Å². The summed E-state index contributed by atoms with van der Waals surface area (Å²) in [5, 5.41) is 4.12. The molecule has 8 heteroatoms. The zero-order valence-electron chi connectivity index (χ0n) is 13.6. The van der Waals surface area contributed by atoms with E-state index < -0.39 is 0 Å². The Balaban J connectivity index is 0.00000208. The lowest BCUT2D eigenvalue weighted by atomic mass is 10.2. The van der Waals surface area contributed by atoms with E-state index in [4.69, 9.17) is 5.73 Å². The maximum absolute atomic E-state index is 13.0. The number of nitrogens with two attached hydrogens (primary N) is 1. The molecule has 1 aliphatic heterocycles. The summed E-state index contributed by atoms with van der Waals surface area (Å²) in [6.45, 7) is 3.82. The lowest BCUT2D eigenvalue weighted by molar-refractivity contribution is 0.380. The van der Waals surface area contributed by atoms with Crippen molar-refractivity contribution >= 4 is 35.6 Å². The fourth-order valence-electron chi connectivity index (χ4n) is 2.66. The van der Waals surface area contributed by atoms with Gasteiger partial charge in [0.05, 0.1) is 12.2 Å². The maximum atomic E-state index is 13.0. The quantitative estimate of drug-likeness (QED) is 0.446. The number of aliphatic imine (C=N–C) groups is 1. The number of piperazine rings is 1. The second-order valence-electron chi connectivity index (χ2n) is 5.57. The van der Waals surface area contributed by atoms with Crippen LogP contribution in [0.15, 0.2) is 41.5 Å². The summed E-state index contributed by atoms with van der Waals surface area (Å²) in [7, 11) is 1.89. The van der Waals surface area contributed by atoms with Crippen molar-refractivity contribution in [2.75, 3.05) is 31.1 Å². The van der Waals surface area contributed by atoms with Gasteiger partial charge in [0.25, 0.3) is 0 Å². The van der Waals surface area contributed by atoms with Crippen molar-refractivity contribution in [2.45, 2.75) is 6.54 Å². The minimum Gasteiger partial charge on any atom is -0.370 e. The molecule has 0 bridgehead atoms. The predicted octanol–water partition coefficient (Wildman–Crippen LogP) is 1.81. The summed E-state index contributed by atoms with van der Waals surface area (Å²) in [4.78, 5) is 8.76. The smallest absolute Gasteiger partial charge is 0.191 e. The fourth-order valence-corrected chi connectivity index (χ4v) is 2.66. The normalized spacial score (nSPS) is 15.3. The van der Waals surface area contributed by atoms with E-state index in [1.54, 1.807) is 10.9 Å². The van der Waals surface area contributed by atoms with E-state index in [1.165, 1.54) is 12.1 Å². The van der Waals surface area contributed by atoms with Crippen molar-refractivity contribution in [3.05, 3.63) is 48.0 Å². The van der Waals surface area contributed by atoms with Gasteiger partial charge in [-0.3, -0.25) is 4.68 Å². The highest BCUT2D eigenvalue weighted by molar-refractivity contribution is 14.0. The first kappa shape index (κ1) is 18.5. The van der Waals surface area contributed by atoms with Gasteiger partial charge in [0.1, 0.15) is 5.82 Å². The van der Waals surface area contributed by atoms with Crippen molar-refractivity contribution in [2.24, 2.45) is 17.8 Å². The second kappa shape index (κ2) is 8.32. The first-order valence-electron chi connectivity index (χ1n) is 7.66. The lowest BCUT2D eigenvalue weighted by Gasteiger charge is -2.36. The third-order valence-corrected chi connectivity index (χ3v) is 4.12. The van der Waals surface area contributed by atoms with Crippen LogP contribution < -0.4 is 10.6 Å². The molecule has 2 aromatic rings. The monoisotopic (exact) mass is 444 g/mol. The molecular formula is C16H22FIN6. The van der Waals surface area contributed by atoms with Crippen molar-refractivity contribution in [1.29, 1.82) is 0 Å². The predicted molar refractivity (Wildman–Crippen MR) is 104 cm³/mol. The molecule has 0 spiro atoms. The van der Waals surface area contributed by atoms with E-state index in [-0.39, 0.29) is 29.8 Å². The minimum atomic E-state index is -0.209. The highest BCUT2D eigenvalue weighted by atomic mass is 127. The third kappa shape index (κ3) is 4.37. The van der Waals surface area contributed by atoms with Crippen LogP contribution in [0.5, 0.6) is 0 Å². The van der Waals surface area contributed by atoms with Crippen molar-refractivity contribution in [1.82, 2.24) is 14.7 Å². The molecule has 0 unspecified atom stereocenters. The van der Waals surface area contributed by atoms with E-state index in [9.17, 15) is 4.39 Å². The van der Waals surface area contributed by atoms with Gasteiger partial charge in [-0.25, -0.2) is 9.38 Å². The Morgan fingerprint density at radius 3 is 2.42 bits per heavy atom. The summed E-state index contributed by atoms with van der Waals surface area (Å²) >= 11 is 0. The van der Waals surface area contributed by atoms with Gasteiger partial charge in [0.15, 0.2) is 5.96 Å². The number of benzene rings is 1. The Morgan fingerprint density at radius 1 is 1.17 bits per heavy atom. The highest BCUT2D eigenvalue weighted by Gasteiger charge is 2.18. The van der Waals surface area contributed by atoms with Gasteiger partial charge in [0.2, 0.25) is 0 Å². The number of guanidine groups is 1. The zero-order chi connectivity index (χ0) is 16.2. The molecule has 130 valence electrons. The number of halogens is 2. The van der Waals surface area contributed by atoms with Gasteiger partial charge in [-0.1, -0.05) is 0 Å². The van der Waals surface area contributed by atoms with E-state index in [0.717, 1.165) is 37.6 Å². The van der Waals surface area contributed by atoms with E-state index in [0.29, 0.717) is 12.5 Å². The second-order valence-corrected chi connectivity index (χ2v) is 5.57. The summed E-state index contributed by atoms with van der Waals surface area (Å²) in [5.74, 6) is 0.351. The molecule has 0 amide bonds. The molecule has 2 heterocycles. The van der Waals surface area contributed by atoms with Crippen LogP contribution in [-0.2, 0) is 13.6 Å². The van der Waals surface area contributed by atoms with Gasteiger partial charge in [-0.05, 0) is 30.3 Å². The summed E-state index contributed by atoms with van der Waals surface area (Å²) in [6, 6.07) is 8.54. The third-order valence-electron chi connectivity index (χ3n) is 4.12. The summed E-state index contributed by atoms with van der Waals surface area (Å²) in [5.41, 5.74) is 8.16. The Kier molecular flexibility index (Phi) is 6.41. The fraction of sp³-hybridized carbons (Fsp3) is 0.375. The number of hydrogen-bond donors (Lipinski definition) is 1. The molecule has 1 aromatic carbocycles. The molecule has 2 N–H and O–H groups in total. The van der Waals surface area contributed by atoms with E-state index >= 15 is 0 Å². The first-order valence-corrected chi connectivity index (χ1v) is 7.66. The van der Waals surface area contributed by atoms with Crippen molar-refractivity contribution in [3.63, 3.8) is 0 Å². The van der Waals surface area contributed by atoms with Crippen LogP contribution in [-0.4, -0.2) is 46.8 Å². The molecule has 3 rings (SSSR count). The molecule has 0 atom stereocenters. The van der Waals surface area contributed by atoms with Crippen LogP contribution in [0, 0.1) is 5.82 Å². The summed E-state index contributed by atoms with van der Waals surface area (Å²) in [6.07, 6.45) is 1.75. The average molecular weight is 444 g/mol. The zero-order valence-corrected chi connectivity index (χ0v) is 15.9. The van der Waals surface area contributed by atoms with Crippen LogP contribution in [0.3, 0.4) is 0 Å². The van der Waals surface area contributed by atoms with Crippen molar-refractivity contribution < 1.29 is 4.39 Å². The Labute approximate surface area is 158 Å². The maximum Gasteiger partial charge on any atom is 0.191 e. The molecular weight excluding hydrogens is 422 g/mol. The largest absolute Gasteiger partial charge is 0.370 e. The van der Waals surface area contributed by atoms with Crippen LogP contribution >= 0.6 is 24.0 Å². The molecule has 1 aliphatic rings. The topological polar surface area (TPSA) is 62.7 Å². The molecule has 0 aliphatic carbocycles. The van der Waals surface area contributed by atoms with E-state index in [1.807, 2.05) is 25.2 Å². The Hall–Kier alpha value is -1.84. The molecule has 1 fully saturated rings. The number of nitrogens with zero attached hydrogens (tertiary/aromatic N) is 5. The molecule has 0 saturated carbocycles. The molecule has 24 heavy (non-hydrogen) atoms. The number of hydrogen-bond acceptors (Lipinski definition) is 3. The van der Waals surface area contributed by atoms with Crippen LogP contribution in [0.1, 0.15) is 5.69 Å². The minimum absolute atomic E-state index is 0. The molecule has 1 aromatic heterocycles. The molecule has 0 radical (unpaired) electrons. The van der Waals surface area contributed by atoms with Crippen molar-refractivity contribution in [3.8, 4) is 0 Å². The Bertz CT molecular complexity index is 676.